The summed E-state index contributed by atoms with van der Waals surface area (Å²) in [6.45, 7) is 3.35. The number of halogens is 1. The molecule has 0 saturated carbocycles. The molecule has 0 bridgehead atoms. The van der Waals surface area contributed by atoms with Gasteiger partial charge in [-0.3, -0.25) is 0 Å². The largest absolute Gasteiger partial charge is 0.459 e. The third kappa shape index (κ3) is 3.72. The molecule has 17 heavy (non-hydrogen) atoms. The van der Waals surface area contributed by atoms with Gasteiger partial charge in [-0.15, -0.1) is 0 Å². The monoisotopic (exact) mass is 233 g/mol. The molecule has 1 aromatic carbocycles. The van der Waals surface area contributed by atoms with Crippen LogP contribution in [0.15, 0.2) is 29.8 Å². The van der Waals surface area contributed by atoms with Crippen molar-refractivity contribution in [2.45, 2.75) is 20.0 Å². The van der Waals surface area contributed by atoms with E-state index in [1.54, 1.807) is 26.0 Å². The average Bonchev–Trinajstić information content (AvgIpc) is 2.27. The van der Waals surface area contributed by atoms with Crippen LogP contribution >= 0.6 is 0 Å². The number of nitriles is 1. The van der Waals surface area contributed by atoms with Gasteiger partial charge in [-0.1, -0.05) is 18.2 Å². The number of rotatable bonds is 3. The summed E-state index contributed by atoms with van der Waals surface area (Å²) in [5, 5.41) is 8.82. The molecule has 0 saturated heterocycles. The van der Waals surface area contributed by atoms with Gasteiger partial charge in [0.05, 0.1) is 6.10 Å². The minimum Gasteiger partial charge on any atom is -0.459 e. The van der Waals surface area contributed by atoms with Gasteiger partial charge >= 0.3 is 5.97 Å². The molecule has 1 aromatic rings. The highest BCUT2D eigenvalue weighted by Gasteiger charge is 2.13. The fraction of sp³-hybridized carbons (Fsp3) is 0.231. The third-order valence-electron chi connectivity index (χ3n) is 1.89. The summed E-state index contributed by atoms with van der Waals surface area (Å²) in [5.74, 6) is -1.23. The molecule has 0 radical (unpaired) electrons. The van der Waals surface area contributed by atoms with Crippen LogP contribution in [0.4, 0.5) is 4.39 Å². The van der Waals surface area contributed by atoms with E-state index >= 15 is 0 Å². The van der Waals surface area contributed by atoms with E-state index in [1.807, 2.05) is 0 Å². The topological polar surface area (TPSA) is 50.1 Å². The Kier molecular flexibility index (Phi) is 4.41. The highest BCUT2D eigenvalue weighted by molar-refractivity contribution is 5.97. The SMILES string of the molecule is CC(C)OC(=O)/C(C#N)=C/c1ccccc1F. The first kappa shape index (κ1) is 12.9. The van der Waals surface area contributed by atoms with Crippen molar-refractivity contribution < 1.29 is 13.9 Å². The lowest BCUT2D eigenvalue weighted by Gasteiger charge is -2.06. The third-order valence-corrected chi connectivity index (χ3v) is 1.89. The second-order valence-electron chi connectivity index (χ2n) is 3.65. The predicted octanol–water partition coefficient (Wildman–Crippen LogP) is 2.68. The number of hydrogen-bond acceptors (Lipinski definition) is 3. The van der Waals surface area contributed by atoms with Crippen LogP contribution in [-0.4, -0.2) is 12.1 Å². The van der Waals surface area contributed by atoms with E-state index in [-0.39, 0.29) is 17.2 Å². The first-order valence-electron chi connectivity index (χ1n) is 5.12. The molecule has 0 aliphatic rings. The van der Waals surface area contributed by atoms with E-state index in [9.17, 15) is 9.18 Å². The van der Waals surface area contributed by atoms with Gasteiger partial charge in [0.25, 0.3) is 0 Å². The summed E-state index contributed by atoms with van der Waals surface area (Å²) in [6.07, 6.45) is 0.861. The van der Waals surface area contributed by atoms with Crippen molar-refractivity contribution in [3.63, 3.8) is 0 Å². The van der Waals surface area contributed by atoms with Crippen LogP contribution in [-0.2, 0) is 9.53 Å². The highest BCUT2D eigenvalue weighted by atomic mass is 19.1. The fourth-order valence-electron chi connectivity index (χ4n) is 1.16. The number of esters is 1. The van der Waals surface area contributed by atoms with E-state index in [0.29, 0.717) is 0 Å². The highest BCUT2D eigenvalue weighted by Crippen LogP contribution is 2.12. The second-order valence-corrected chi connectivity index (χ2v) is 3.65. The normalized spacial score (nSPS) is 11.1. The Morgan fingerprint density at radius 3 is 2.65 bits per heavy atom. The van der Waals surface area contributed by atoms with Gasteiger partial charge in [0.15, 0.2) is 0 Å². The number of carbonyl (C=O) groups is 1. The fourth-order valence-corrected chi connectivity index (χ4v) is 1.16. The van der Waals surface area contributed by atoms with Crippen LogP contribution in [0.3, 0.4) is 0 Å². The lowest BCUT2D eigenvalue weighted by Crippen LogP contribution is -2.12. The van der Waals surface area contributed by atoms with Crippen LogP contribution < -0.4 is 0 Å². The standard InChI is InChI=1S/C13H12FNO2/c1-9(2)17-13(16)11(8-15)7-10-5-3-4-6-12(10)14/h3-7,9H,1-2H3/b11-7+. The smallest absolute Gasteiger partial charge is 0.349 e. The maximum atomic E-state index is 13.3. The van der Waals surface area contributed by atoms with Crippen molar-refractivity contribution >= 4 is 12.0 Å². The molecule has 0 spiro atoms. The Bertz CT molecular complexity index is 486. The van der Waals surface area contributed by atoms with Gasteiger partial charge in [-0.05, 0) is 26.0 Å². The van der Waals surface area contributed by atoms with Crippen molar-refractivity contribution in [1.82, 2.24) is 0 Å². The van der Waals surface area contributed by atoms with E-state index in [4.69, 9.17) is 10.00 Å². The summed E-state index contributed by atoms with van der Waals surface area (Å²) in [7, 11) is 0. The maximum Gasteiger partial charge on any atom is 0.349 e. The van der Waals surface area contributed by atoms with E-state index in [1.165, 1.54) is 24.3 Å². The summed E-state index contributed by atoms with van der Waals surface area (Å²) < 4.78 is 18.2. The molecular formula is C13H12FNO2. The predicted molar refractivity (Wildman–Crippen MR) is 61.2 cm³/mol. The molecule has 0 aliphatic carbocycles. The van der Waals surface area contributed by atoms with Crippen molar-refractivity contribution in [2.75, 3.05) is 0 Å². The van der Waals surface area contributed by atoms with Gasteiger partial charge in [-0.25, -0.2) is 9.18 Å². The molecule has 3 nitrogen and oxygen atoms in total. The lowest BCUT2D eigenvalue weighted by molar-refractivity contribution is -0.142. The Hall–Kier alpha value is -2.15. The quantitative estimate of drug-likeness (QED) is 0.458. The molecule has 0 amide bonds. The molecule has 0 atom stereocenters. The zero-order chi connectivity index (χ0) is 12.8. The van der Waals surface area contributed by atoms with Gasteiger partial charge < -0.3 is 4.74 Å². The lowest BCUT2D eigenvalue weighted by atomic mass is 10.1. The Labute approximate surface area is 99.1 Å². The number of hydrogen-bond donors (Lipinski definition) is 0. The zero-order valence-corrected chi connectivity index (χ0v) is 9.61. The maximum absolute atomic E-state index is 13.3. The zero-order valence-electron chi connectivity index (χ0n) is 9.61. The molecule has 0 aromatic heterocycles. The number of ether oxygens (including phenoxy) is 1. The van der Waals surface area contributed by atoms with E-state index < -0.39 is 11.8 Å². The van der Waals surface area contributed by atoms with Crippen LogP contribution in [0.5, 0.6) is 0 Å². The van der Waals surface area contributed by atoms with E-state index in [2.05, 4.69) is 0 Å². The Balaban J connectivity index is 3.00. The van der Waals surface area contributed by atoms with Crippen molar-refractivity contribution in [3.05, 3.63) is 41.2 Å². The molecule has 88 valence electrons. The van der Waals surface area contributed by atoms with Crippen LogP contribution in [0.2, 0.25) is 0 Å². The first-order valence-corrected chi connectivity index (χ1v) is 5.12. The van der Waals surface area contributed by atoms with Gasteiger partial charge in [-0.2, -0.15) is 5.26 Å². The minimum atomic E-state index is -0.745. The summed E-state index contributed by atoms with van der Waals surface area (Å²) in [6, 6.07) is 7.60. The summed E-state index contributed by atoms with van der Waals surface area (Å²) in [5.41, 5.74) is -0.0337. The molecule has 0 fully saturated rings. The average molecular weight is 233 g/mol. The molecule has 0 unspecified atom stereocenters. The van der Waals surface area contributed by atoms with Gasteiger partial charge in [0, 0.05) is 5.56 Å². The molecule has 0 aliphatic heterocycles. The summed E-state index contributed by atoms with van der Waals surface area (Å²) >= 11 is 0. The number of nitrogens with zero attached hydrogens (tertiary/aromatic N) is 1. The molecule has 0 N–H and O–H groups in total. The second kappa shape index (κ2) is 5.80. The van der Waals surface area contributed by atoms with Crippen LogP contribution in [0, 0.1) is 17.1 Å². The van der Waals surface area contributed by atoms with Crippen LogP contribution in [0.25, 0.3) is 6.08 Å². The van der Waals surface area contributed by atoms with Crippen molar-refractivity contribution in [1.29, 1.82) is 5.26 Å². The van der Waals surface area contributed by atoms with Crippen molar-refractivity contribution in [3.8, 4) is 6.07 Å². The summed E-state index contributed by atoms with van der Waals surface area (Å²) in [4.78, 5) is 11.5. The minimum absolute atomic E-state index is 0.185. The molecule has 0 heterocycles. The molecular weight excluding hydrogens is 221 g/mol. The Morgan fingerprint density at radius 2 is 2.12 bits per heavy atom. The number of carbonyl (C=O) groups excluding carboxylic acids is 1. The van der Waals surface area contributed by atoms with Crippen LogP contribution in [0.1, 0.15) is 19.4 Å². The number of benzene rings is 1. The molecule has 1 rings (SSSR count). The van der Waals surface area contributed by atoms with Gasteiger partial charge in [0.1, 0.15) is 17.5 Å². The Morgan fingerprint density at radius 1 is 1.47 bits per heavy atom. The van der Waals surface area contributed by atoms with Crippen molar-refractivity contribution in [2.24, 2.45) is 0 Å². The van der Waals surface area contributed by atoms with E-state index in [0.717, 1.165) is 0 Å². The molecule has 4 heteroatoms. The first-order chi connectivity index (χ1) is 8.04. The van der Waals surface area contributed by atoms with Gasteiger partial charge in [0.2, 0.25) is 0 Å².